The molecule has 1 fully saturated rings. The fourth-order valence-electron chi connectivity index (χ4n) is 2.97. The molecule has 102 valence electrons. The van der Waals surface area contributed by atoms with Crippen molar-refractivity contribution < 1.29 is 14.3 Å². The van der Waals surface area contributed by atoms with Crippen LogP contribution >= 0.6 is 15.9 Å². The molecule has 0 saturated carbocycles. The van der Waals surface area contributed by atoms with Crippen molar-refractivity contribution in [1.82, 2.24) is 0 Å². The number of ketones is 1. The largest absolute Gasteiger partial charge is 0.486 e. The van der Waals surface area contributed by atoms with Gasteiger partial charge in [-0.2, -0.15) is 0 Å². The van der Waals surface area contributed by atoms with Gasteiger partial charge in [0.2, 0.25) is 0 Å². The van der Waals surface area contributed by atoms with Crippen molar-refractivity contribution in [2.24, 2.45) is 0 Å². The van der Waals surface area contributed by atoms with Gasteiger partial charge in [0.1, 0.15) is 11.4 Å². The van der Waals surface area contributed by atoms with Gasteiger partial charge in [-0.25, -0.2) is 0 Å². The quantitative estimate of drug-likeness (QED) is 0.789. The Bertz CT molecular complexity index is 514. The van der Waals surface area contributed by atoms with E-state index in [4.69, 9.17) is 9.47 Å². The Kier molecular flexibility index (Phi) is 3.39. The number of rotatable bonds is 1. The minimum atomic E-state index is -0.357. The summed E-state index contributed by atoms with van der Waals surface area (Å²) in [7, 11) is 0. The van der Waals surface area contributed by atoms with Crippen LogP contribution < -0.4 is 4.74 Å². The number of carbonyl (C=O) groups is 1. The highest BCUT2D eigenvalue weighted by molar-refractivity contribution is 9.10. The molecule has 0 aromatic heterocycles. The molecular weight excluding hydrogens is 308 g/mol. The maximum absolute atomic E-state index is 12.3. The highest BCUT2D eigenvalue weighted by Crippen LogP contribution is 2.41. The van der Waals surface area contributed by atoms with Crippen LogP contribution in [0.2, 0.25) is 0 Å². The molecule has 2 atom stereocenters. The van der Waals surface area contributed by atoms with E-state index in [-0.39, 0.29) is 17.5 Å². The van der Waals surface area contributed by atoms with Crippen molar-refractivity contribution in [1.29, 1.82) is 0 Å². The summed E-state index contributed by atoms with van der Waals surface area (Å²) >= 11 is 3.43. The second-order valence-corrected chi connectivity index (χ2v) is 6.30. The number of halogens is 1. The van der Waals surface area contributed by atoms with Gasteiger partial charge in [0.25, 0.3) is 0 Å². The SMILES string of the molecule is CCC1CC2(CCO1)CC(=O)c1ccc(Br)cc1O2. The summed E-state index contributed by atoms with van der Waals surface area (Å²) in [6.07, 6.45) is 3.24. The Labute approximate surface area is 121 Å². The summed E-state index contributed by atoms with van der Waals surface area (Å²) in [5.41, 5.74) is 0.345. The summed E-state index contributed by atoms with van der Waals surface area (Å²) in [6, 6.07) is 5.62. The van der Waals surface area contributed by atoms with Crippen LogP contribution in [-0.4, -0.2) is 24.1 Å². The van der Waals surface area contributed by atoms with Crippen molar-refractivity contribution in [2.75, 3.05) is 6.61 Å². The molecule has 0 bridgehead atoms. The molecule has 0 aliphatic carbocycles. The predicted molar refractivity (Wildman–Crippen MR) is 75.7 cm³/mol. The summed E-state index contributed by atoms with van der Waals surface area (Å²) in [5.74, 6) is 0.896. The monoisotopic (exact) mass is 324 g/mol. The first-order chi connectivity index (χ1) is 9.12. The Balaban J connectivity index is 1.93. The highest BCUT2D eigenvalue weighted by atomic mass is 79.9. The fraction of sp³-hybridized carbons (Fsp3) is 0.533. The number of hydrogen-bond acceptors (Lipinski definition) is 3. The maximum atomic E-state index is 12.3. The van der Waals surface area contributed by atoms with Crippen LogP contribution in [0.1, 0.15) is 43.0 Å². The average molecular weight is 325 g/mol. The maximum Gasteiger partial charge on any atom is 0.170 e. The smallest absolute Gasteiger partial charge is 0.170 e. The van der Waals surface area contributed by atoms with E-state index < -0.39 is 0 Å². The van der Waals surface area contributed by atoms with Crippen molar-refractivity contribution in [3.05, 3.63) is 28.2 Å². The van der Waals surface area contributed by atoms with Crippen LogP contribution in [0.15, 0.2) is 22.7 Å². The lowest BCUT2D eigenvalue weighted by atomic mass is 9.81. The normalized spacial score (nSPS) is 30.0. The number of Topliss-reactive ketones (excluding diaryl/α,β-unsaturated/α-hetero) is 1. The van der Waals surface area contributed by atoms with Gasteiger partial charge < -0.3 is 9.47 Å². The molecule has 2 aliphatic rings. The van der Waals surface area contributed by atoms with Gasteiger partial charge in [-0.05, 0) is 24.6 Å². The first-order valence-electron chi connectivity index (χ1n) is 6.75. The zero-order chi connectivity index (χ0) is 13.5. The average Bonchev–Trinajstić information content (AvgIpc) is 2.38. The summed E-state index contributed by atoms with van der Waals surface area (Å²) in [4.78, 5) is 12.3. The van der Waals surface area contributed by atoms with Gasteiger partial charge in [0.15, 0.2) is 5.78 Å². The van der Waals surface area contributed by atoms with Crippen LogP contribution in [-0.2, 0) is 4.74 Å². The Hall–Kier alpha value is -0.870. The van der Waals surface area contributed by atoms with E-state index in [1.54, 1.807) is 0 Å². The number of fused-ring (bicyclic) bond motifs is 1. The fourth-order valence-corrected chi connectivity index (χ4v) is 3.31. The zero-order valence-electron chi connectivity index (χ0n) is 10.9. The molecule has 4 heteroatoms. The van der Waals surface area contributed by atoms with E-state index >= 15 is 0 Å². The highest BCUT2D eigenvalue weighted by Gasteiger charge is 2.44. The molecule has 1 aromatic carbocycles. The van der Waals surface area contributed by atoms with Gasteiger partial charge in [0.05, 0.1) is 24.7 Å². The molecule has 3 nitrogen and oxygen atoms in total. The van der Waals surface area contributed by atoms with Gasteiger partial charge >= 0.3 is 0 Å². The van der Waals surface area contributed by atoms with Crippen molar-refractivity contribution in [2.45, 2.75) is 44.3 Å². The molecule has 19 heavy (non-hydrogen) atoms. The lowest BCUT2D eigenvalue weighted by Gasteiger charge is -2.43. The van der Waals surface area contributed by atoms with E-state index in [9.17, 15) is 4.79 Å². The van der Waals surface area contributed by atoms with Crippen LogP contribution in [0.25, 0.3) is 0 Å². The van der Waals surface area contributed by atoms with Crippen molar-refractivity contribution in [3.8, 4) is 5.75 Å². The Morgan fingerprint density at radius 2 is 2.32 bits per heavy atom. The Morgan fingerprint density at radius 1 is 1.47 bits per heavy atom. The molecule has 1 saturated heterocycles. The van der Waals surface area contributed by atoms with Gasteiger partial charge in [0, 0.05) is 17.3 Å². The molecule has 2 aliphatic heterocycles. The van der Waals surface area contributed by atoms with E-state index in [2.05, 4.69) is 22.9 Å². The zero-order valence-corrected chi connectivity index (χ0v) is 12.5. The minimum Gasteiger partial charge on any atom is -0.486 e. The third kappa shape index (κ3) is 2.43. The topological polar surface area (TPSA) is 35.5 Å². The lowest BCUT2D eigenvalue weighted by molar-refractivity contribution is -0.0922. The van der Waals surface area contributed by atoms with E-state index in [1.807, 2.05) is 18.2 Å². The molecule has 1 aromatic rings. The summed E-state index contributed by atoms with van der Waals surface area (Å²) in [6.45, 7) is 2.79. The van der Waals surface area contributed by atoms with Crippen molar-refractivity contribution in [3.63, 3.8) is 0 Å². The minimum absolute atomic E-state index is 0.186. The van der Waals surface area contributed by atoms with Gasteiger partial charge in [-0.1, -0.05) is 22.9 Å². The number of hydrogen-bond donors (Lipinski definition) is 0. The molecule has 1 spiro atoms. The van der Waals surface area contributed by atoms with Crippen LogP contribution in [0.3, 0.4) is 0 Å². The summed E-state index contributed by atoms with van der Waals surface area (Å²) in [5, 5.41) is 0. The predicted octanol–water partition coefficient (Wildman–Crippen LogP) is 3.74. The molecular formula is C15H17BrO3. The molecule has 0 radical (unpaired) electrons. The molecule has 0 N–H and O–H groups in total. The molecule has 2 unspecified atom stereocenters. The molecule has 0 amide bonds. The van der Waals surface area contributed by atoms with Crippen LogP contribution in [0.5, 0.6) is 5.75 Å². The third-order valence-corrected chi connectivity index (χ3v) is 4.51. The lowest BCUT2D eigenvalue weighted by Crippen LogP contribution is -2.49. The molecule has 3 rings (SSSR count). The number of ether oxygens (including phenoxy) is 2. The standard InChI is InChI=1S/C15H17BrO3/c1-2-11-8-15(5-6-18-11)9-13(17)12-4-3-10(16)7-14(12)19-15/h3-4,7,11H,2,5-6,8-9H2,1H3. The second-order valence-electron chi connectivity index (χ2n) is 5.38. The van der Waals surface area contributed by atoms with Crippen LogP contribution in [0, 0.1) is 0 Å². The van der Waals surface area contributed by atoms with Gasteiger partial charge in [-0.15, -0.1) is 0 Å². The molecule has 2 heterocycles. The first kappa shape index (κ1) is 13.1. The summed E-state index contributed by atoms with van der Waals surface area (Å²) < 4.78 is 12.9. The van der Waals surface area contributed by atoms with E-state index in [0.29, 0.717) is 24.3 Å². The van der Waals surface area contributed by atoms with E-state index in [0.717, 1.165) is 23.7 Å². The van der Waals surface area contributed by atoms with Gasteiger partial charge in [-0.3, -0.25) is 4.79 Å². The number of carbonyl (C=O) groups excluding carboxylic acids is 1. The third-order valence-electron chi connectivity index (χ3n) is 4.02. The van der Waals surface area contributed by atoms with Crippen molar-refractivity contribution >= 4 is 21.7 Å². The van der Waals surface area contributed by atoms with Crippen LogP contribution in [0.4, 0.5) is 0 Å². The van der Waals surface area contributed by atoms with E-state index in [1.165, 1.54) is 0 Å². The Morgan fingerprint density at radius 3 is 3.11 bits per heavy atom. The second kappa shape index (κ2) is 4.91. The number of benzene rings is 1. The first-order valence-corrected chi connectivity index (χ1v) is 7.54.